The van der Waals surface area contributed by atoms with Gasteiger partial charge in [0, 0.05) is 15.3 Å². The second-order valence-corrected chi connectivity index (χ2v) is 4.70. The van der Waals surface area contributed by atoms with Crippen molar-refractivity contribution < 1.29 is 4.79 Å². The van der Waals surface area contributed by atoms with Crippen molar-refractivity contribution in [2.75, 3.05) is 5.32 Å². The van der Waals surface area contributed by atoms with Crippen molar-refractivity contribution in [3.8, 4) is 0 Å². The van der Waals surface area contributed by atoms with E-state index in [-0.39, 0.29) is 5.69 Å². The van der Waals surface area contributed by atoms with E-state index in [1.165, 1.54) is 0 Å². The molecular weight excluding hydrogens is 349 g/mol. The molecule has 0 unspecified atom stereocenters. The van der Waals surface area contributed by atoms with Gasteiger partial charge in [-0.2, -0.15) is 0 Å². The molecule has 92 valence electrons. The summed E-state index contributed by atoms with van der Waals surface area (Å²) in [6.45, 7) is 0. The van der Waals surface area contributed by atoms with E-state index in [0.29, 0.717) is 5.56 Å². The molecule has 0 saturated heterocycles. The van der Waals surface area contributed by atoms with Crippen molar-refractivity contribution in [2.45, 2.75) is 0 Å². The fourth-order valence-electron chi connectivity index (χ4n) is 1.33. The Morgan fingerprint density at radius 3 is 2.72 bits per heavy atom. The molecule has 0 aliphatic rings. The van der Waals surface area contributed by atoms with Gasteiger partial charge in [-0.3, -0.25) is 14.6 Å². The molecule has 3 N–H and O–H groups in total. The third kappa shape index (κ3) is 2.86. The van der Waals surface area contributed by atoms with Crippen LogP contribution >= 0.6 is 22.6 Å². The molecule has 18 heavy (non-hydrogen) atoms. The van der Waals surface area contributed by atoms with Crippen LogP contribution in [0.1, 0.15) is 10.4 Å². The van der Waals surface area contributed by atoms with Gasteiger partial charge in [0.05, 0.1) is 0 Å². The molecule has 0 atom stereocenters. The SMILES string of the molecule is O=C(Nc1c[nH]c(=O)[nH]c1=O)c1cccc(I)c1. The predicted octanol–water partition coefficient (Wildman–Crippen LogP) is 0.920. The number of aromatic nitrogens is 2. The van der Waals surface area contributed by atoms with Crippen LogP contribution in [-0.2, 0) is 0 Å². The standard InChI is InChI=1S/C11H8IN3O3/c12-7-3-1-2-6(4-7)9(16)14-8-5-13-11(18)15-10(8)17/h1-5H,(H,14,16)(H2,13,15,17,18). The third-order valence-corrected chi connectivity index (χ3v) is 2.83. The van der Waals surface area contributed by atoms with Crippen LogP contribution in [0.4, 0.5) is 5.69 Å². The monoisotopic (exact) mass is 357 g/mol. The van der Waals surface area contributed by atoms with E-state index in [9.17, 15) is 14.4 Å². The quantitative estimate of drug-likeness (QED) is 0.698. The zero-order chi connectivity index (χ0) is 13.1. The largest absolute Gasteiger partial charge is 0.325 e. The number of aromatic amines is 2. The highest BCUT2D eigenvalue weighted by molar-refractivity contribution is 14.1. The number of hydrogen-bond donors (Lipinski definition) is 3. The summed E-state index contributed by atoms with van der Waals surface area (Å²) in [6.07, 6.45) is 1.16. The summed E-state index contributed by atoms with van der Waals surface area (Å²) in [5, 5.41) is 2.42. The molecule has 1 heterocycles. The van der Waals surface area contributed by atoms with Crippen LogP contribution < -0.4 is 16.6 Å². The molecule has 0 spiro atoms. The maximum Gasteiger partial charge on any atom is 0.325 e. The topological polar surface area (TPSA) is 94.8 Å². The van der Waals surface area contributed by atoms with E-state index < -0.39 is 17.2 Å². The van der Waals surface area contributed by atoms with Gasteiger partial charge in [0.1, 0.15) is 5.69 Å². The number of carbonyl (C=O) groups is 1. The number of amides is 1. The lowest BCUT2D eigenvalue weighted by Gasteiger charge is -2.03. The third-order valence-electron chi connectivity index (χ3n) is 2.15. The van der Waals surface area contributed by atoms with E-state index in [4.69, 9.17) is 0 Å². The first kappa shape index (κ1) is 12.6. The summed E-state index contributed by atoms with van der Waals surface area (Å²) in [5.41, 5.74) is -0.823. The van der Waals surface area contributed by atoms with E-state index in [1.807, 2.05) is 11.1 Å². The van der Waals surface area contributed by atoms with Crippen LogP contribution in [0.2, 0.25) is 0 Å². The molecule has 1 amide bonds. The number of rotatable bonds is 2. The van der Waals surface area contributed by atoms with Crippen molar-refractivity contribution in [1.29, 1.82) is 0 Å². The summed E-state index contributed by atoms with van der Waals surface area (Å²) in [4.78, 5) is 38.4. The number of nitrogens with one attached hydrogen (secondary N) is 3. The molecule has 2 aromatic rings. The van der Waals surface area contributed by atoms with Gasteiger partial charge in [-0.1, -0.05) is 6.07 Å². The van der Waals surface area contributed by atoms with Crippen LogP contribution in [0.25, 0.3) is 0 Å². The molecule has 0 aliphatic heterocycles. The number of anilines is 1. The van der Waals surface area contributed by atoms with Crippen molar-refractivity contribution in [3.63, 3.8) is 0 Å². The number of benzene rings is 1. The van der Waals surface area contributed by atoms with Crippen molar-refractivity contribution >= 4 is 34.2 Å². The zero-order valence-corrected chi connectivity index (χ0v) is 11.1. The van der Waals surface area contributed by atoms with Crippen LogP contribution in [0.3, 0.4) is 0 Å². The van der Waals surface area contributed by atoms with Gasteiger partial charge in [-0.25, -0.2) is 4.79 Å². The van der Waals surface area contributed by atoms with Crippen molar-refractivity contribution in [3.05, 3.63) is 60.4 Å². The fourth-order valence-corrected chi connectivity index (χ4v) is 1.87. The minimum Gasteiger partial charge on any atom is -0.316 e. The normalized spacial score (nSPS) is 10.1. The lowest BCUT2D eigenvalue weighted by Crippen LogP contribution is -2.26. The number of carbonyl (C=O) groups excluding carboxylic acids is 1. The van der Waals surface area contributed by atoms with Crippen LogP contribution in [0.15, 0.2) is 40.1 Å². The summed E-state index contributed by atoms with van der Waals surface area (Å²) in [6, 6.07) is 6.92. The number of H-pyrrole nitrogens is 2. The van der Waals surface area contributed by atoms with E-state index in [1.54, 1.807) is 18.2 Å². The predicted molar refractivity (Wildman–Crippen MR) is 74.8 cm³/mol. The van der Waals surface area contributed by atoms with E-state index in [2.05, 4.69) is 32.9 Å². The lowest BCUT2D eigenvalue weighted by molar-refractivity contribution is 0.102. The summed E-state index contributed by atoms with van der Waals surface area (Å²) in [7, 11) is 0. The fraction of sp³-hybridized carbons (Fsp3) is 0. The Bertz CT molecular complexity index is 705. The van der Waals surface area contributed by atoms with E-state index >= 15 is 0 Å². The molecule has 1 aromatic heterocycles. The van der Waals surface area contributed by atoms with Gasteiger partial charge in [0.25, 0.3) is 11.5 Å². The first-order valence-electron chi connectivity index (χ1n) is 4.95. The van der Waals surface area contributed by atoms with Crippen LogP contribution in [-0.4, -0.2) is 15.9 Å². The molecule has 7 heteroatoms. The first-order chi connectivity index (χ1) is 8.56. The van der Waals surface area contributed by atoms with Crippen LogP contribution in [0, 0.1) is 3.57 Å². The molecule has 0 bridgehead atoms. The molecule has 2 rings (SSSR count). The molecule has 0 radical (unpaired) electrons. The van der Waals surface area contributed by atoms with Gasteiger partial charge in [0.15, 0.2) is 0 Å². The number of halogens is 1. The first-order valence-corrected chi connectivity index (χ1v) is 6.03. The second kappa shape index (κ2) is 5.17. The molecular formula is C11H8IN3O3. The summed E-state index contributed by atoms with van der Waals surface area (Å²) >= 11 is 2.09. The van der Waals surface area contributed by atoms with Gasteiger partial charge < -0.3 is 10.3 Å². The molecule has 6 nitrogen and oxygen atoms in total. The zero-order valence-electron chi connectivity index (χ0n) is 8.99. The second-order valence-electron chi connectivity index (χ2n) is 3.45. The Hall–Kier alpha value is -1.90. The van der Waals surface area contributed by atoms with Gasteiger partial charge in [-0.05, 0) is 40.8 Å². The van der Waals surface area contributed by atoms with Gasteiger partial charge in [0.2, 0.25) is 0 Å². The Balaban J connectivity index is 2.27. The molecule has 0 fully saturated rings. The Kier molecular flexibility index (Phi) is 3.60. The van der Waals surface area contributed by atoms with E-state index in [0.717, 1.165) is 9.77 Å². The maximum absolute atomic E-state index is 11.8. The molecule has 0 saturated carbocycles. The van der Waals surface area contributed by atoms with Crippen molar-refractivity contribution in [1.82, 2.24) is 9.97 Å². The average molecular weight is 357 g/mol. The lowest BCUT2D eigenvalue weighted by atomic mass is 10.2. The molecule has 0 aliphatic carbocycles. The highest BCUT2D eigenvalue weighted by Gasteiger charge is 2.08. The summed E-state index contributed by atoms with van der Waals surface area (Å²) < 4.78 is 0.913. The van der Waals surface area contributed by atoms with Crippen molar-refractivity contribution in [2.24, 2.45) is 0 Å². The average Bonchev–Trinajstić information content (AvgIpc) is 2.32. The highest BCUT2D eigenvalue weighted by atomic mass is 127. The van der Waals surface area contributed by atoms with Gasteiger partial charge >= 0.3 is 5.69 Å². The Labute approximate surface area is 115 Å². The van der Waals surface area contributed by atoms with Crippen LogP contribution in [0.5, 0.6) is 0 Å². The minimum atomic E-state index is -0.641. The maximum atomic E-state index is 11.8. The minimum absolute atomic E-state index is 0.00142. The Morgan fingerprint density at radius 2 is 2.06 bits per heavy atom. The number of hydrogen-bond acceptors (Lipinski definition) is 3. The summed E-state index contributed by atoms with van der Waals surface area (Å²) in [5.74, 6) is -0.411. The van der Waals surface area contributed by atoms with Gasteiger partial charge in [-0.15, -0.1) is 0 Å². The molecule has 1 aromatic carbocycles. The highest BCUT2D eigenvalue weighted by Crippen LogP contribution is 2.09. The smallest absolute Gasteiger partial charge is 0.316 e. The Morgan fingerprint density at radius 1 is 1.28 bits per heavy atom.